The Labute approximate surface area is 108 Å². The van der Waals surface area contributed by atoms with Crippen molar-refractivity contribution in [2.45, 2.75) is 37.6 Å². The number of hydrogen-bond acceptors (Lipinski definition) is 7. The lowest BCUT2D eigenvalue weighted by atomic mass is 9.97. The van der Waals surface area contributed by atoms with E-state index in [1.165, 1.54) is 0 Å². The molecule has 1 heterocycles. The molecule has 0 aliphatic carbocycles. The number of aliphatic hydroxyl groups excluding tert-OH is 3. The van der Waals surface area contributed by atoms with E-state index >= 15 is 0 Å². The van der Waals surface area contributed by atoms with Crippen LogP contribution in [0.25, 0.3) is 0 Å². The molecule has 1 aliphatic rings. The van der Waals surface area contributed by atoms with Crippen LogP contribution in [0.1, 0.15) is 6.92 Å². The van der Waals surface area contributed by atoms with Gasteiger partial charge in [-0.1, -0.05) is 0 Å². The summed E-state index contributed by atoms with van der Waals surface area (Å²) in [4.78, 5) is 28.4. The average Bonchev–Trinajstić information content (AvgIpc) is 2.26. The van der Waals surface area contributed by atoms with Crippen molar-refractivity contribution in [2.75, 3.05) is 6.61 Å². The Morgan fingerprint density at radius 1 is 1.37 bits per heavy atom. The quantitative estimate of drug-likeness (QED) is 0.297. The Morgan fingerprint density at radius 3 is 2.37 bits per heavy atom. The molecule has 112 valence electrons. The minimum Gasteiger partial charge on any atom is -0.394 e. The van der Waals surface area contributed by atoms with Crippen molar-refractivity contribution in [3.05, 3.63) is 0 Å². The molecule has 0 aromatic rings. The average molecular weight is 301 g/mol. The van der Waals surface area contributed by atoms with Gasteiger partial charge in [0.1, 0.15) is 24.4 Å². The zero-order valence-electron chi connectivity index (χ0n) is 9.91. The molecule has 6 N–H and O–H groups in total. The molecular formula is C8H16NO9P. The highest BCUT2D eigenvalue weighted by molar-refractivity contribution is 7.46. The van der Waals surface area contributed by atoms with Crippen molar-refractivity contribution in [3.63, 3.8) is 0 Å². The minimum absolute atomic E-state index is 0.624. The number of phosphoric ester groups is 1. The summed E-state index contributed by atoms with van der Waals surface area (Å²) in [5, 5.41) is 30.5. The zero-order valence-corrected chi connectivity index (χ0v) is 10.8. The summed E-state index contributed by atoms with van der Waals surface area (Å²) in [6.45, 7) is 0.401. The van der Waals surface area contributed by atoms with Crippen molar-refractivity contribution < 1.29 is 43.7 Å². The van der Waals surface area contributed by atoms with E-state index in [4.69, 9.17) is 19.6 Å². The second-order valence-corrected chi connectivity index (χ2v) is 5.22. The minimum atomic E-state index is -4.95. The first-order valence-corrected chi connectivity index (χ1v) is 6.82. The van der Waals surface area contributed by atoms with Gasteiger partial charge < -0.3 is 35.2 Å². The molecule has 1 aliphatic heterocycles. The largest absolute Gasteiger partial charge is 0.472 e. The summed E-state index contributed by atoms with van der Waals surface area (Å²) < 4.78 is 20.0. The zero-order chi connectivity index (χ0) is 14.8. The van der Waals surface area contributed by atoms with Crippen molar-refractivity contribution in [2.24, 2.45) is 0 Å². The Morgan fingerprint density at radius 2 is 1.95 bits per heavy atom. The van der Waals surface area contributed by atoms with E-state index in [0.717, 1.165) is 6.92 Å². The predicted molar refractivity (Wildman–Crippen MR) is 58.5 cm³/mol. The SMILES string of the molecule is CC(=O)N[C@H]1C(O)[C@@H](O)C(CO)O[C@H]1OP(=O)(O)O. The van der Waals surface area contributed by atoms with E-state index in [-0.39, 0.29) is 0 Å². The summed E-state index contributed by atoms with van der Waals surface area (Å²) in [5.74, 6) is -0.624. The molecule has 0 spiro atoms. The number of ether oxygens (including phenoxy) is 1. The van der Waals surface area contributed by atoms with Crippen LogP contribution in [-0.4, -0.2) is 68.3 Å². The van der Waals surface area contributed by atoms with E-state index < -0.39 is 51.0 Å². The van der Waals surface area contributed by atoms with Crippen LogP contribution in [0.2, 0.25) is 0 Å². The van der Waals surface area contributed by atoms with Gasteiger partial charge in [0.15, 0.2) is 6.29 Å². The van der Waals surface area contributed by atoms with Gasteiger partial charge >= 0.3 is 7.82 Å². The molecule has 10 nitrogen and oxygen atoms in total. The topological polar surface area (TPSA) is 166 Å². The molecule has 5 atom stereocenters. The highest BCUT2D eigenvalue weighted by Gasteiger charge is 2.47. The fourth-order valence-electron chi connectivity index (χ4n) is 1.70. The third-order valence-corrected chi connectivity index (χ3v) is 2.97. The van der Waals surface area contributed by atoms with E-state index in [9.17, 15) is 19.6 Å². The highest BCUT2D eigenvalue weighted by atomic mass is 31.2. The van der Waals surface area contributed by atoms with Gasteiger partial charge in [-0.05, 0) is 0 Å². The summed E-state index contributed by atoms with van der Waals surface area (Å²) in [6, 6.07) is -1.39. The van der Waals surface area contributed by atoms with Gasteiger partial charge in [0, 0.05) is 6.92 Å². The molecule has 0 radical (unpaired) electrons. The van der Waals surface area contributed by atoms with Crippen molar-refractivity contribution in [1.82, 2.24) is 5.32 Å². The molecule has 0 aromatic carbocycles. The first-order chi connectivity index (χ1) is 8.65. The fraction of sp³-hybridized carbons (Fsp3) is 0.875. The maximum atomic E-state index is 11.0. The Balaban J connectivity index is 2.92. The van der Waals surface area contributed by atoms with E-state index in [0.29, 0.717) is 0 Å². The molecule has 11 heteroatoms. The lowest BCUT2D eigenvalue weighted by Gasteiger charge is -2.41. The maximum Gasteiger partial charge on any atom is 0.472 e. The van der Waals surface area contributed by atoms with E-state index in [1.54, 1.807) is 0 Å². The highest BCUT2D eigenvalue weighted by Crippen LogP contribution is 2.40. The number of aliphatic hydroxyl groups is 3. The van der Waals surface area contributed by atoms with Crippen LogP contribution in [0.3, 0.4) is 0 Å². The van der Waals surface area contributed by atoms with Crippen LogP contribution in [0.5, 0.6) is 0 Å². The summed E-state index contributed by atoms with van der Waals surface area (Å²) in [6.07, 6.45) is -6.17. The second kappa shape index (κ2) is 6.25. The van der Waals surface area contributed by atoms with Crippen LogP contribution < -0.4 is 5.32 Å². The lowest BCUT2D eigenvalue weighted by molar-refractivity contribution is -0.248. The van der Waals surface area contributed by atoms with Crippen LogP contribution >= 0.6 is 7.82 Å². The van der Waals surface area contributed by atoms with Crippen molar-refractivity contribution >= 4 is 13.7 Å². The second-order valence-electron chi connectivity index (χ2n) is 4.03. The summed E-state index contributed by atoms with van der Waals surface area (Å²) in [5.41, 5.74) is 0. The number of rotatable bonds is 4. The standard InChI is InChI=1S/C8H16NO9P/c1-3(11)9-5-7(13)6(12)4(2-10)17-8(5)18-19(14,15)16/h4-8,10,12-13H,2H2,1H3,(H,9,11)(H2,14,15,16)/t4?,5-,6-,7?,8-/m0/s1. The van der Waals surface area contributed by atoms with E-state index in [1.807, 2.05) is 0 Å². The molecule has 1 rings (SSSR count). The third kappa shape index (κ3) is 4.48. The molecule has 0 aromatic heterocycles. The number of carbonyl (C=O) groups is 1. The van der Waals surface area contributed by atoms with Gasteiger partial charge in [-0.3, -0.25) is 9.32 Å². The van der Waals surface area contributed by atoms with Crippen LogP contribution in [0.4, 0.5) is 0 Å². The number of hydrogen-bond donors (Lipinski definition) is 6. The van der Waals surface area contributed by atoms with Gasteiger partial charge in [0.2, 0.25) is 5.91 Å². The van der Waals surface area contributed by atoms with Crippen LogP contribution in [0, 0.1) is 0 Å². The monoisotopic (exact) mass is 301 g/mol. The lowest BCUT2D eigenvalue weighted by Crippen LogP contribution is -2.64. The van der Waals surface area contributed by atoms with Gasteiger partial charge in [0.05, 0.1) is 6.61 Å². The number of phosphoric acid groups is 1. The predicted octanol–water partition coefficient (Wildman–Crippen LogP) is -2.96. The molecular weight excluding hydrogens is 285 g/mol. The van der Waals surface area contributed by atoms with Crippen LogP contribution in [0.15, 0.2) is 0 Å². The normalized spacial score (nSPS) is 36.0. The fourth-order valence-corrected chi connectivity index (χ4v) is 2.15. The molecule has 0 bridgehead atoms. The summed E-state index contributed by atoms with van der Waals surface area (Å²) >= 11 is 0. The van der Waals surface area contributed by atoms with Crippen molar-refractivity contribution in [3.8, 4) is 0 Å². The Bertz CT molecular complexity index is 371. The molecule has 19 heavy (non-hydrogen) atoms. The Hall–Kier alpha value is -0.580. The number of amides is 1. The van der Waals surface area contributed by atoms with Gasteiger partial charge in [-0.2, -0.15) is 0 Å². The van der Waals surface area contributed by atoms with E-state index in [2.05, 4.69) is 9.84 Å². The van der Waals surface area contributed by atoms with Gasteiger partial charge in [-0.25, -0.2) is 4.57 Å². The first-order valence-electron chi connectivity index (χ1n) is 5.29. The van der Waals surface area contributed by atoms with Gasteiger partial charge in [-0.15, -0.1) is 0 Å². The Kier molecular flexibility index (Phi) is 5.42. The summed E-state index contributed by atoms with van der Waals surface area (Å²) in [7, 11) is -4.95. The first kappa shape index (κ1) is 16.5. The van der Waals surface area contributed by atoms with Crippen LogP contribution in [-0.2, 0) is 18.6 Å². The molecule has 1 amide bonds. The smallest absolute Gasteiger partial charge is 0.394 e. The van der Waals surface area contributed by atoms with Gasteiger partial charge in [0.25, 0.3) is 0 Å². The maximum absolute atomic E-state index is 11.0. The molecule has 0 saturated carbocycles. The number of carbonyl (C=O) groups excluding carboxylic acids is 1. The molecule has 1 saturated heterocycles. The van der Waals surface area contributed by atoms with Crippen molar-refractivity contribution in [1.29, 1.82) is 0 Å². The molecule has 2 unspecified atom stereocenters. The third-order valence-electron chi connectivity index (χ3n) is 2.49. The number of nitrogens with one attached hydrogen (secondary N) is 1. The molecule has 1 fully saturated rings.